The number of aromatic nitrogens is 4. The van der Waals surface area contributed by atoms with Crippen LogP contribution in [0.25, 0.3) is 0 Å². The molecule has 1 heterocycles. The number of rotatable bonds is 7. The summed E-state index contributed by atoms with van der Waals surface area (Å²) in [4.78, 5) is 13.2. The highest BCUT2D eigenvalue weighted by molar-refractivity contribution is 6.45. The maximum Gasteiger partial charge on any atom is 0.174 e. The van der Waals surface area contributed by atoms with E-state index in [-0.39, 0.29) is 17.1 Å². The fourth-order valence-corrected chi connectivity index (χ4v) is 5.69. The SMILES string of the molecule is CC1(C2CCCC2)CC2CC(OCCCCc3nn[nH]n3)=C(Cl)C(Cl)=C2C1=O. The van der Waals surface area contributed by atoms with Crippen molar-refractivity contribution < 1.29 is 9.53 Å². The summed E-state index contributed by atoms with van der Waals surface area (Å²) in [7, 11) is 0. The van der Waals surface area contributed by atoms with Crippen molar-refractivity contribution in [2.45, 2.75) is 64.7 Å². The van der Waals surface area contributed by atoms with Crippen molar-refractivity contribution in [3.63, 3.8) is 0 Å². The van der Waals surface area contributed by atoms with Crippen LogP contribution in [0.5, 0.6) is 0 Å². The number of unbranched alkanes of at least 4 members (excludes halogenated alkanes) is 1. The zero-order valence-corrected chi connectivity index (χ0v) is 17.7. The molecular weight excluding hydrogens is 399 g/mol. The lowest BCUT2D eigenvalue weighted by Gasteiger charge is -2.29. The summed E-state index contributed by atoms with van der Waals surface area (Å²) in [5.74, 6) is 2.25. The van der Waals surface area contributed by atoms with Gasteiger partial charge in [0.25, 0.3) is 0 Å². The number of Topliss-reactive ketones (excluding diaryl/α,β-unsaturated/α-hetero) is 1. The average Bonchev–Trinajstić information content (AvgIpc) is 3.42. The molecule has 2 fully saturated rings. The number of nitrogens with zero attached hydrogens (tertiary/aromatic N) is 3. The zero-order valence-electron chi connectivity index (χ0n) is 16.1. The molecule has 3 aliphatic rings. The van der Waals surface area contributed by atoms with Crippen molar-refractivity contribution in [2.75, 3.05) is 6.61 Å². The third kappa shape index (κ3) is 3.61. The monoisotopic (exact) mass is 424 g/mol. The van der Waals surface area contributed by atoms with Gasteiger partial charge in [-0.3, -0.25) is 4.79 Å². The molecule has 0 radical (unpaired) electrons. The van der Waals surface area contributed by atoms with Gasteiger partial charge in [-0.05, 0) is 43.9 Å². The normalized spacial score (nSPS) is 28.4. The first-order valence-corrected chi connectivity index (χ1v) is 10.9. The summed E-state index contributed by atoms with van der Waals surface area (Å²) in [6, 6.07) is 0. The van der Waals surface area contributed by atoms with Gasteiger partial charge in [-0.25, -0.2) is 0 Å². The second-order valence-electron chi connectivity index (χ2n) is 8.43. The van der Waals surface area contributed by atoms with E-state index in [1.54, 1.807) is 0 Å². The Balaban J connectivity index is 1.38. The standard InChI is InChI=1S/C20H26Cl2N4O2/c1-20(13-6-2-3-7-13)11-12-10-14(17(21)18(22)16(12)19(20)27)28-9-5-4-8-15-23-25-26-24-15/h12-13H,2-11H2,1H3,(H,23,24,25,26). The number of hydrogen-bond acceptors (Lipinski definition) is 5. The topological polar surface area (TPSA) is 80.8 Å². The van der Waals surface area contributed by atoms with Crippen molar-refractivity contribution in [3.05, 3.63) is 27.2 Å². The summed E-state index contributed by atoms with van der Waals surface area (Å²) in [5, 5.41) is 14.7. The number of aromatic amines is 1. The van der Waals surface area contributed by atoms with E-state index < -0.39 is 0 Å². The lowest BCUT2D eigenvalue weighted by atomic mass is 9.73. The van der Waals surface area contributed by atoms with E-state index in [1.807, 2.05) is 0 Å². The van der Waals surface area contributed by atoms with E-state index in [0.717, 1.165) is 49.9 Å². The molecule has 1 aromatic rings. The molecule has 0 aliphatic heterocycles. The highest BCUT2D eigenvalue weighted by Crippen LogP contribution is 2.56. The number of hydrogen-bond donors (Lipinski definition) is 1. The Kier molecular flexibility index (Phi) is 5.79. The first-order valence-electron chi connectivity index (χ1n) is 10.2. The smallest absolute Gasteiger partial charge is 0.174 e. The fourth-order valence-electron chi connectivity index (χ4n) is 5.11. The van der Waals surface area contributed by atoms with Crippen LogP contribution in [-0.2, 0) is 16.0 Å². The molecule has 1 N–H and O–H groups in total. The van der Waals surface area contributed by atoms with Gasteiger partial charge in [0.1, 0.15) is 5.76 Å². The number of ketones is 1. The molecule has 8 heteroatoms. The van der Waals surface area contributed by atoms with Crippen molar-refractivity contribution in [3.8, 4) is 0 Å². The van der Waals surface area contributed by atoms with Crippen LogP contribution >= 0.6 is 23.2 Å². The predicted molar refractivity (Wildman–Crippen MR) is 107 cm³/mol. The van der Waals surface area contributed by atoms with Crippen LogP contribution < -0.4 is 0 Å². The van der Waals surface area contributed by atoms with E-state index in [2.05, 4.69) is 27.5 Å². The van der Waals surface area contributed by atoms with Crippen LogP contribution in [0.2, 0.25) is 0 Å². The Morgan fingerprint density at radius 3 is 2.71 bits per heavy atom. The Bertz CT molecular complexity index is 799. The van der Waals surface area contributed by atoms with Crippen LogP contribution in [-0.4, -0.2) is 33.0 Å². The number of tetrazole rings is 1. The Morgan fingerprint density at radius 2 is 2.00 bits per heavy atom. The van der Waals surface area contributed by atoms with E-state index in [0.29, 0.717) is 34.8 Å². The lowest BCUT2D eigenvalue weighted by molar-refractivity contribution is -0.124. The largest absolute Gasteiger partial charge is 0.496 e. The van der Waals surface area contributed by atoms with Gasteiger partial charge >= 0.3 is 0 Å². The minimum atomic E-state index is -0.298. The van der Waals surface area contributed by atoms with Crippen LogP contribution in [0.15, 0.2) is 21.4 Å². The van der Waals surface area contributed by atoms with E-state index >= 15 is 0 Å². The molecule has 0 aromatic carbocycles. The Morgan fingerprint density at radius 1 is 1.21 bits per heavy atom. The molecule has 2 unspecified atom stereocenters. The van der Waals surface area contributed by atoms with Crippen molar-refractivity contribution in [2.24, 2.45) is 17.3 Å². The molecule has 3 aliphatic carbocycles. The fraction of sp³-hybridized carbons (Fsp3) is 0.700. The van der Waals surface area contributed by atoms with E-state index in [4.69, 9.17) is 27.9 Å². The molecule has 0 bridgehead atoms. The predicted octanol–water partition coefficient (Wildman–Crippen LogP) is 4.67. The van der Waals surface area contributed by atoms with Crippen molar-refractivity contribution in [1.82, 2.24) is 20.6 Å². The summed E-state index contributed by atoms with van der Waals surface area (Å²) in [5.41, 5.74) is 0.443. The summed E-state index contributed by atoms with van der Waals surface area (Å²) in [6.45, 7) is 2.69. The second kappa shape index (κ2) is 8.15. The summed E-state index contributed by atoms with van der Waals surface area (Å²) in [6.07, 6.45) is 8.79. The molecule has 28 heavy (non-hydrogen) atoms. The van der Waals surface area contributed by atoms with Gasteiger partial charge in [0.2, 0.25) is 0 Å². The van der Waals surface area contributed by atoms with Crippen LogP contribution in [0.1, 0.15) is 64.1 Å². The molecule has 1 aromatic heterocycles. The first-order chi connectivity index (χ1) is 13.5. The minimum absolute atomic E-state index is 0.127. The summed E-state index contributed by atoms with van der Waals surface area (Å²) >= 11 is 13.1. The quantitative estimate of drug-likeness (QED) is 0.642. The average molecular weight is 425 g/mol. The maximum atomic E-state index is 13.2. The molecule has 0 saturated heterocycles. The Hall–Kier alpha value is -1.40. The zero-order chi connectivity index (χ0) is 19.7. The highest BCUT2D eigenvalue weighted by atomic mass is 35.5. The number of nitrogens with one attached hydrogen (secondary N) is 1. The van der Waals surface area contributed by atoms with Gasteiger partial charge in [-0.1, -0.05) is 48.2 Å². The van der Waals surface area contributed by atoms with Gasteiger partial charge < -0.3 is 4.74 Å². The third-order valence-corrected chi connectivity index (χ3v) is 7.55. The number of halogens is 2. The van der Waals surface area contributed by atoms with Crippen LogP contribution in [0, 0.1) is 17.3 Å². The number of allylic oxidation sites excluding steroid dienone is 4. The molecule has 4 rings (SSSR count). The highest BCUT2D eigenvalue weighted by Gasteiger charge is 2.53. The van der Waals surface area contributed by atoms with E-state index in [1.165, 1.54) is 12.8 Å². The minimum Gasteiger partial charge on any atom is -0.496 e. The number of fused-ring (bicyclic) bond motifs is 1. The lowest BCUT2D eigenvalue weighted by Crippen LogP contribution is -2.30. The van der Waals surface area contributed by atoms with Crippen LogP contribution in [0.3, 0.4) is 0 Å². The molecule has 6 nitrogen and oxygen atoms in total. The molecule has 0 amide bonds. The molecule has 2 saturated carbocycles. The number of carbonyl (C=O) groups excluding carboxylic acids is 1. The van der Waals surface area contributed by atoms with E-state index in [9.17, 15) is 4.79 Å². The summed E-state index contributed by atoms with van der Waals surface area (Å²) < 4.78 is 5.98. The van der Waals surface area contributed by atoms with Gasteiger partial charge in [0.15, 0.2) is 11.6 Å². The van der Waals surface area contributed by atoms with Crippen LogP contribution in [0.4, 0.5) is 0 Å². The number of aryl methyl sites for hydroxylation is 1. The van der Waals surface area contributed by atoms with Gasteiger partial charge in [-0.2, -0.15) is 5.21 Å². The molecule has 0 spiro atoms. The number of H-pyrrole nitrogens is 1. The maximum absolute atomic E-state index is 13.2. The van der Waals surface area contributed by atoms with Gasteiger partial charge in [0, 0.05) is 23.8 Å². The molecular formula is C20H26Cl2N4O2. The Labute approximate surface area is 175 Å². The first kappa shape index (κ1) is 19.9. The van der Waals surface area contributed by atoms with Crippen molar-refractivity contribution >= 4 is 29.0 Å². The van der Waals surface area contributed by atoms with Crippen molar-refractivity contribution in [1.29, 1.82) is 0 Å². The molecule has 2 atom stereocenters. The van der Waals surface area contributed by atoms with Gasteiger partial charge in [-0.15, -0.1) is 10.2 Å². The number of ether oxygens (including phenoxy) is 1. The number of carbonyl (C=O) groups is 1. The molecule has 152 valence electrons. The van der Waals surface area contributed by atoms with Gasteiger partial charge in [0.05, 0.1) is 16.7 Å². The third-order valence-electron chi connectivity index (χ3n) is 6.66. The second-order valence-corrected chi connectivity index (χ2v) is 9.19.